The van der Waals surface area contributed by atoms with Crippen LogP contribution in [-0.2, 0) is 4.74 Å². The van der Waals surface area contributed by atoms with Crippen molar-refractivity contribution in [2.45, 2.75) is 25.9 Å². The van der Waals surface area contributed by atoms with Gasteiger partial charge in [-0.3, -0.25) is 4.79 Å². The fraction of sp³-hybridized carbons (Fsp3) is 0.500. The lowest BCUT2D eigenvalue weighted by molar-refractivity contribution is 0.00724. The molecule has 0 saturated carbocycles. The molecule has 0 radical (unpaired) electrons. The monoisotopic (exact) mass is 326 g/mol. The third-order valence-electron chi connectivity index (χ3n) is 3.32. The first kappa shape index (κ1) is 14.3. The average molecular weight is 327 g/mol. The number of nitrogens with two attached hydrogens (primary N) is 1. The summed E-state index contributed by atoms with van der Waals surface area (Å²) in [6.45, 7) is 4.15. The van der Waals surface area contributed by atoms with E-state index < -0.39 is 0 Å². The predicted octanol–water partition coefficient (Wildman–Crippen LogP) is 2.67. The molecule has 1 aliphatic heterocycles. The van der Waals surface area contributed by atoms with Gasteiger partial charge in [-0.05, 0) is 53.9 Å². The van der Waals surface area contributed by atoms with Crippen molar-refractivity contribution in [3.05, 3.63) is 28.2 Å². The maximum atomic E-state index is 12.4. The van der Waals surface area contributed by atoms with Gasteiger partial charge in [0, 0.05) is 35.4 Å². The van der Waals surface area contributed by atoms with Crippen LogP contribution in [0.25, 0.3) is 0 Å². The zero-order valence-electron chi connectivity index (χ0n) is 11.1. The Labute approximate surface area is 122 Å². The molecule has 0 aromatic heterocycles. The van der Waals surface area contributed by atoms with E-state index in [1.165, 1.54) is 0 Å². The van der Waals surface area contributed by atoms with Crippen LogP contribution in [0.15, 0.2) is 22.7 Å². The first-order chi connectivity index (χ1) is 9.11. The zero-order valence-corrected chi connectivity index (χ0v) is 12.6. The minimum atomic E-state index is 0.0464. The van der Waals surface area contributed by atoms with Crippen LogP contribution in [-0.4, -0.2) is 36.6 Å². The van der Waals surface area contributed by atoms with Gasteiger partial charge < -0.3 is 15.4 Å². The number of hydrogen-bond acceptors (Lipinski definition) is 3. The molecule has 2 N–H and O–H groups in total. The average Bonchev–Trinajstić information content (AvgIpc) is 2.42. The summed E-state index contributed by atoms with van der Waals surface area (Å²) in [5.74, 6) is 0.0464. The number of anilines is 1. The molecule has 19 heavy (non-hydrogen) atoms. The molecule has 1 fully saturated rings. The second-order valence-electron chi connectivity index (χ2n) is 4.71. The number of nitrogens with zero attached hydrogens (tertiary/aromatic N) is 1. The highest BCUT2D eigenvalue weighted by Gasteiger charge is 2.24. The smallest absolute Gasteiger partial charge is 0.253 e. The Balaban J connectivity index is 2.08. The fourth-order valence-electron chi connectivity index (χ4n) is 2.34. The molecular formula is C14H19BrN2O2. The summed E-state index contributed by atoms with van der Waals surface area (Å²) in [5, 5.41) is 0. The van der Waals surface area contributed by atoms with Crippen LogP contribution in [0.1, 0.15) is 30.1 Å². The SMILES string of the molecule is CCOC1CCCN(C(=O)c2ccc(N)c(Br)c2)C1. The summed E-state index contributed by atoms with van der Waals surface area (Å²) >= 11 is 3.35. The van der Waals surface area contributed by atoms with Crippen molar-refractivity contribution in [2.24, 2.45) is 0 Å². The lowest BCUT2D eigenvalue weighted by atomic mass is 10.1. The Morgan fingerprint density at radius 2 is 2.37 bits per heavy atom. The van der Waals surface area contributed by atoms with Gasteiger partial charge in [0.2, 0.25) is 0 Å². The highest BCUT2D eigenvalue weighted by Crippen LogP contribution is 2.22. The van der Waals surface area contributed by atoms with Crippen LogP contribution < -0.4 is 5.73 Å². The molecule has 1 aliphatic rings. The molecule has 1 atom stereocenters. The summed E-state index contributed by atoms with van der Waals surface area (Å²) in [4.78, 5) is 14.3. The molecule has 1 aromatic carbocycles. The van der Waals surface area contributed by atoms with Crippen molar-refractivity contribution >= 4 is 27.5 Å². The number of halogens is 1. The molecule has 1 aromatic rings. The third-order valence-corrected chi connectivity index (χ3v) is 4.00. The second-order valence-corrected chi connectivity index (χ2v) is 5.56. The Hall–Kier alpha value is -1.07. The standard InChI is InChI=1S/C14H19BrN2O2/c1-2-19-11-4-3-7-17(9-11)14(18)10-5-6-13(16)12(15)8-10/h5-6,8,11H,2-4,7,9,16H2,1H3. The second kappa shape index (κ2) is 6.39. The molecule has 4 nitrogen and oxygen atoms in total. The lowest BCUT2D eigenvalue weighted by Crippen LogP contribution is -2.43. The van der Waals surface area contributed by atoms with Crippen LogP contribution in [0, 0.1) is 0 Å². The molecule has 0 spiro atoms. The Bertz CT molecular complexity index is 463. The number of benzene rings is 1. The van der Waals surface area contributed by atoms with E-state index in [-0.39, 0.29) is 12.0 Å². The first-order valence-electron chi connectivity index (χ1n) is 6.57. The summed E-state index contributed by atoms with van der Waals surface area (Å²) in [5.41, 5.74) is 7.04. The minimum absolute atomic E-state index is 0.0464. The van der Waals surface area contributed by atoms with Gasteiger partial charge in [0.15, 0.2) is 0 Å². The van der Waals surface area contributed by atoms with Gasteiger partial charge in [-0.15, -0.1) is 0 Å². The number of carbonyl (C=O) groups is 1. The Morgan fingerprint density at radius 3 is 3.05 bits per heavy atom. The van der Waals surface area contributed by atoms with Crippen LogP contribution in [0.4, 0.5) is 5.69 Å². The van der Waals surface area contributed by atoms with E-state index in [1.807, 2.05) is 11.8 Å². The van der Waals surface area contributed by atoms with Crippen LogP contribution in [0.2, 0.25) is 0 Å². The zero-order chi connectivity index (χ0) is 13.8. The van der Waals surface area contributed by atoms with E-state index in [0.717, 1.165) is 23.9 Å². The number of rotatable bonds is 3. The molecule has 5 heteroatoms. The molecule has 1 unspecified atom stereocenters. The number of amides is 1. The number of nitrogen functional groups attached to an aromatic ring is 1. The molecule has 0 aliphatic carbocycles. The van der Waals surface area contributed by atoms with E-state index in [4.69, 9.17) is 10.5 Å². The summed E-state index contributed by atoms with van der Waals surface area (Å²) in [7, 11) is 0. The number of hydrogen-bond donors (Lipinski definition) is 1. The van der Waals surface area contributed by atoms with Crippen molar-refractivity contribution in [3.8, 4) is 0 Å². The minimum Gasteiger partial charge on any atom is -0.398 e. The lowest BCUT2D eigenvalue weighted by Gasteiger charge is -2.32. The maximum absolute atomic E-state index is 12.4. The first-order valence-corrected chi connectivity index (χ1v) is 7.37. The topological polar surface area (TPSA) is 55.6 Å². The van der Waals surface area contributed by atoms with Gasteiger partial charge in [-0.2, -0.15) is 0 Å². The quantitative estimate of drug-likeness (QED) is 0.869. The van der Waals surface area contributed by atoms with E-state index in [2.05, 4.69) is 15.9 Å². The fourth-order valence-corrected chi connectivity index (χ4v) is 2.72. The van der Waals surface area contributed by atoms with E-state index in [1.54, 1.807) is 18.2 Å². The molecule has 1 saturated heterocycles. The number of carbonyl (C=O) groups excluding carboxylic acids is 1. The van der Waals surface area contributed by atoms with Gasteiger partial charge in [-0.1, -0.05) is 0 Å². The van der Waals surface area contributed by atoms with Crippen LogP contribution in [0.3, 0.4) is 0 Å². The number of likely N-dealkylation sites (tertiary alicyclic amines) is 1. The molecule has 1 amide bonds. The molecule has 0 bridgehead atoms. The van der Waals surface area contributed by atoms with Gasteiger partial charge in [0.1, 0.15) is 0 Å². The van der Waals surface area contributed by atoms with Gasteiger partial charge in [-0.25, -0.2) is 0 Å². The molecule has 2 rings (SSSR count). The summed E-state index contributed by atoms with van der Waals surface area (Å²) in [6.07, 6.45) is 2.19. The van der Waals surface area contributed by atoms with E-state index in [0.29, 0.717) is 24.4 Å². The van der Waals surface area contributed by atoms with Crippen molar-refractivity contribution in [2.75, 3.05) is 25.4 Å². The summed E-state index contributed by atoms with van der Waals surface area (Å²) < 4.78 is 6.38. The normalized spacial score (nSPS) is 19.5. The largest absolute Gasteiger partial charge is 0.398 e. The molecule has 104 valence electrons. The van der Waals surface area contributed by atoms with Crippen LogP contribution in [0.5, 0.6) is 0 Å². The van der Waals surface area contributed by atoms with Gasteiger partial charge >= 0.3 is 0 Å². The molecular weight excluding hydrogens is 308 g/mol. The third kappa shape index (κ3) is 3.48. The maximum Gasteiger partial charge on any atom is 0.253 e. The van der Waals surface area contributed by atoms with E-state index in [9.17, 15) is 4.79 Å². The highest BCUT2D eigenvalue weighted by molar-refractivity contribution is 9.10. The van der Waals surface area contributed by atoms with Crippen molar-refractivity contribution in [3.63, 3.8) is 0 Å². The van der Waals surface area contributed by atoms with Crippen molar-refractivity contribution in [1.29, 1.82) is 0 Å². The Kier molecular flexibility index (Phi) is 4.82. The summed E-state index contributed by atoms with van der Waals surface area (Å²) in [6, 6.07) is 5.30. The Morgan fingerprint density at radius 1 is 1.58 bits per heavy atom. The number of ether oxygens (including phenoxy) is 1. The molecule has 1 heterocycles. The number of piperidine rings is 1. The van der Waals surface area contributed by atoms with Crippen molar-refractivity contribution < 1.29 is 9.53 Å². The van der Waals surface area contributed by atoms with Gasteiger partial charge in [0.05, 0.1) is 6.10 Å². The predicted molar refractivity (Wildman–Crippen MR) is 79.1 cm³/mol. The van der Waals surface area contributed by atoms with Crippen molar-refractivity contribution in [1.82, 2.24) is 4.90 Å². The van der Waals surface area contributed by atoms with Crippen LogP contribution >= 0.6 is 15.9 Å². The highest BCUT2D eigenvalue weighted by atomic mass is 79.9. The van der Waals surface area contributed by atoms with Gasteiger partial charge in [0.25, 0.3) is 5.91 Å². The van der Waals surface area contributed by atoms with E-state index >= 15 is 0 Å².